The average molecular weight is 260 g/mol. The van der Waals surface area contributed by atoms with Gasteiger partial charge in [0.1, 0.15) is 11.8 Å². The van der Waals surface area contributed by atoms with E-state index in [9.17, 15) is 9.90 Å². The Bertz CT molecular complexity index is 550. The summed E-state index contributed by atoms with van der Waals surface area (Å²) in [5.74, 6) is -0.130. The predicted molar refractivity (Wildman–Crippen MR) is 70.3 cm³/mol. The minimum absolute atomic E-state index is 0.407. The first kappa shape index (κ1) is 13.2. The highest BCUT2D eigenvalue weighted by Crippen LogP contribution is 2.36. The van der Waals surface area contributed by atoms with Gasteiger partial charge in [-0.25, -0.2) is 0 Å². The largest absolute Gasteiger partial charge is 0.497 e. The molecule has 1 saturated heterocycles. The Morgan fingerprint density at radius 2 is 2.32 bits per heavy atom. The van der Waals surface area contributed by atoms with E-state index in [1.54, 1.807) is 32.2 Å². The van der Waals surface area contributed by atoms with Gasteiger partial charge in [0.05, 0.1) is 23.8 Å². The molecule has 1 aromatic carbocycles. The molecule has 1 aliphatic heterocycles. The van der Waals surface area contributed by atoms with E-state index in [2.05, 4.69) is 6.07 Å². The summed E-state index contributed by atoms with van der Waals surface area (Å²) in [4.78, 5) is 13.2. The Morgan fingerprint density at radius 1 is 1.58 bits per heavy atom. The number of rotatable bonds is 3. The minimum Gasteiger partial charge on any atom is -0.497 e. The summed E-state index contributed by atoms with van der Waals surface area (Å²) >= 11 is 0. The molecule has 19 heavy (non-hydrogen) atoms. The van der Waals surface area contributed by atoms with E-state index in [1.165, 1.54) is 0 Å². The fraction of sp³-hybridized carbons (Fsp3) is 0.429. The van der Waals surface area contributed by atoms with Gasteiger partial charge in [-0.3, -0.25) is 4.79 Å². The molecule has 0 aromatic heterocycles. The van der Waals surface area contributed by atoms with Gasteiger partial charge in [0, 0.05) is 19.2 Å². The van der Waals surface area contributed by atoms with E-state index in [-0.39, 0.29) is 0 Å². The van der Waals surface area contributed by atoms with Crippen molar-refractivity contribution in [2.75, 3.05) is 25.1 Å². The molecular weight excluding hydrogens is 244 g/mol. The van der Waals surface area contributed by atoms with E-state index in [0.29, 0.717) is 30.8 Å². The van der Waals surface area contributed by atoms with Crippen molar-refractivity contribution in [2.24, 2.45) is 5.41 Å². The van der Waals surface area contributed by atoms with Gasteiger partial charge in [0.2, 0.25) is 0 Å². The average Bonchev–Trinajstić information content (AvgIpc) is 2.82. The molecule has 0 saturated carbocycles. The number of hydrogen-bond donors (Lipinski definition) is 1. The third kappa shape index (κ3) is 2.34. The molecule has 0 bridgehead atoms. The van der Waals surface area contributed by atoms with Crippen LogP contribution < -0.4 is 9.64 Å². The molecule has 1 fully saturated rings. The first-order valence-corrected chi connectivity index (χ1v) is 6.06. The number of aliphatic carboxylic acids is 1. The van der Waals surface area contributed by atoms with Crippen LogP contribution in [-0.4, -0.2) is 31.3 Å². The second-order valence-electron chi connectivity index (χ2n) is 5.03. The zero-order chi connectivity index (χ0) is 14.0. The van der Waals surface area contributed by atoms with Gasteiger partial charge >= 0.3 is 5.97 Å². The number of benzene rings is 1. The molecule has 0 spiro atoms. The number of nitriles is 1. The van der Waals surface area contributed by atoms with Crippen LogP contribution in [0.15, 0.2) is 18.2 Å². The summed E-state index contributed by atoms with van der Waals surface area (Å²) in [5.41, 5.74) is 0.526. The molecule has 0 aliphatic carbocycles. The van der Waals surface area contributed by atoms with Gasteiger partial charge in [-0.15, -0.1) is 0 Å². The molecule has 100 valence electrons. The van der Waals surface area contributed by atoms with E-state index >= 15 is 0 Å². The summed E-state index contributed by atoms with van der Waals surface area (Å²) in [6, 6.07) is 7.35. The standard InChI is InChI=1S/C14H16N2O3/c1-14(13(17)18)5-6-16(9-14)12-7-11(19-2)4-3-10(12)8-15/h3-4,7H,5-6,9H2,1-2H3,(H,17,18). The third-order valence-electron chi connectivity index (χ3n) is 3.66. The summed E-state index contributed by atoms with van der Waals surface area (Å²) in [6.45, 7) is 2.77. The monoisotopic (exact) mass is 260 g/mol. The second kappa shape index (κ2) is 4.81. The zero-order valence-electron chi connectivity index (χ0n) is 11.0. The minimum atomic E-state index is -0.795. The fourth-order valence-electron chi connectivity index (χ4n) is 2.34. The van der Waals surface area contributed by atoms with Crippen LogP contribution >= 0.6 is 0 Å². The molecule has 1 unspecified atom stereocenters. The topological polar surface area (TPSA) is 73.6 Å². The van der Waals surface area contributed by atoms with Crippen molar-refractivity contribution in [1.29, 1.82) is 5.26 Å². The smallest absolute Gasteiger partial charge is 0.311 e. The van der Waals surface area contributed by atoms with Crippen molar-refractivity contribution in [1.82, 2.24) is 0 Å². The first-order valence-electron chi connectivity index (χ1n) is 6.06. The number of methoxy groups -OCH3 is 1. The lowest BCUT2D eigenvalue weighted by atomic mass is 9.90. The van der Waals surface area contributed by atoms with Crippen LogP contribution in [0.1, 0.15) is 18.9 Å². The van der Waals surface area contributed by atoms with Gasteiger partial charge < -0.3 is 14.7 Å². The number of ether oxygens (including phenoxy) is 1. The second-order valence-corrected chi connectivity index (χ2v) is 5.03. The molecule has 1 aliphatic rings. The van der Waals surface area contributed by atoms with Crippen LogP contribution in [0.3, 0.4) is 0 Å². The normalized spacial score (nSPS) is 22.1. The van der Waals surface area contributed by atoms with E-state index in [4.69, 9.17) is 10.00 Å². The summed E-state index contributed by atoms with van der Waals surface area (Å²) in [6.07, 6.45) is 0.574. The molecule has 2 rings (SSSR count). The lowest BCUT2D eigenvalue weighted by Gasteiger charge is -2.23. The molecule has 5 heteroatoms. The number of carboxylic acid groups (broad SMARTS) is 1. The third-order valence-corrected chi connectivity index (χ3v) is 3.66. The van der Waals surface area contributed by atoms with E-state index in [0.717, 1.165) is 5.69 Å². The lowest BCUT2D eigenvalue weighted by molar-refractivity contribution is -0.146. The summed E-state index contributed by atoms with van der Waals surface area (Å²) in [5, 5.41) is 18.4. The molecule has 1 N–H and O–H groups in total. The van der Waals surface area contributed by atoms with E-state index in [1.807, 2.05) is 4.90 Å². The highest BCUT2D eigenvalue weighted by Gasteiger charge is 2.41. The first-order chi connectivity index (χ1) is 9.00. The van der Waals surface area contributed by atoms with Crippen molar-refractivity contribution < 1.29 is 14.6 Å². The Balaban J connectivity index is 2.33. The Labute approximate surface area is 112 Å². The van der Waals surface area contributed by atoms with Crippen LogP contribution in [0.2, 0.25) is 0 Å². The van der Waals surface area contributed by atoms with Gasteiger partial charge in [0.15, 0.2) is 0 Å². The van der Waals surface area contributed by atoms with Crippen LogP contribution in [0.5, 0.6) is 5.75 Å². The molecular formula is C14H16N2O3. The predicted octanol–water partition coefficient (Wildman–Crippen LogP) is 1.87. The fourth-order valence-corrected chi connectivity index (χ4v) is 2.34. The van der Waals surface area contributed by atoms with Gasteiger partial charge in [0.25, 0.3) is 0 Å². The SMILES string of the molecule is COc1ccc(C#N)c(N2CCC(C)(C(=O)O)C2)c1. The highest BCUT2D eigenvalue weighted by molar-refractivity contribution is 5.77. The van der Waals surface area contributed by atoms with Crippen molar-refractivity contribution in [3.05, 3.63) is 23.8 Å². The molecule has 0 amide bonds. The summed E-state index contributed by atoms with van der Waals surface area (Å²) < 4.78 is 5.16. The Hall–Kier alpha value is -2.22. The van der Waals surface area contributed by atoms with Crippen molar-refractivity contribution >= 4 is 11.7 Å². The van der Waals surface area contributed by atoms with Crippen LogP contribution in [0, 0.1) is 16.7 Å². The van der Waals surface area contributed by atoms with Gasteiger partial charge in [-0.05, 0) is 25.5 Å². The Kier molecular flexibility index (Phi) is 3.34. The molecule has 0 radical (unpaired) electrons. The zero-order valence-corrected chi connectivity index (χ0v) is 11.0. The Morgan fingerprint density at radius 3 is 2.84 bits per heavy atom. The number of hydrogen-bond acceptors (Lipinski definition) is 4. The maximum atomic E-state index is 11.3. The quantitative estimate of drug-likeness (QED) is 0.898. The molecule has 1 aromatic rings. The van der Waals surface area contributed by atoms with Crippen molar-refractivity contribution in [2.45, 2.75) is 13.3 Å². The van der Waals surface area contributed by atoms with E-state index < -0.39 is 11.4 Å². The maximum Gasteiger partial charge on any atom is 0.311 e. The number of anilines is 1. The summed E-state index contributed by atoms with van der Waals surface area (Å²) in [7, 11) is 1.57. The van der Waals surface area contributed by atoms with Crippen molar-refractivity contribution in [3.8, 4) is 11.8 Å². The molecule has 5 nitrogen and oxygen atoms in total. The number of carboxylic acids is 1. The van der Waals surface area contributed by atoms with Crippen LogP contribution in [0.25, 0.3) is 0 Å². The van der Waals surface area contributed by atoms with Crippen molar-refractivity contribution in [3.63, 3.8) is 0 Å². The number of carbonyl (C=O) groups is 1. The maximum absolute atomic E-state index is 11.3. The highest BCUT2D eigenvalue weighted by atomic mass is 16.5. The van der Waals surface area contributed by atoms with Gasteiger partial charge in [-0.2, -0.15) is 5.26 Å². The van der Waals surface area contributed by atoms with Crippen LogP contribution in [-0.2, 0) is 4.79 Å². The number of nitrogens with zero attached hydrogens (tertiary/aromatic N) is 2. The lowest BCUT2D eigenvalue weighted by Crippen LogP contribution is -2.31. The molecule has 1 heterocycles. The van der Waals surface area contributed by atoms with Gasteiger partial charge in [-0.1, -0.05) is 0 Å². The van der Waals surface area contributed by atoms with Crippen LogP contribution in [0.4, 0.5) is 5.69 Å². The molecule has 1 atom stereocenters.